The smallest absolute Gasteiger partial charge is 0.234 e. The Kier molecular flexibility index (Phi) is 6.71. The van der Waals surface area contributed by atoms with E-state index in [1.165, 1.54) is 32.7 Å². The molecule has 1 atom stereocenters. The van der Waals surface area contributed by atoms with Gasteiger partial charge in [0.15, 0.2) is 0 Å². The Morgan fingerprint density at radius 2 is 1.68 bits per heavy atom. The number of para-hydroxylation sites is 1. The zero-order valence-corrected chi connectivity index (χ0v) is 17.0. The fraction of sp³-hybridized carbons (Fsp3) is 0.409. The van der Waals surface area contributed by atoms with Crippen LogP contribution in [-0.2, 0) is 4.79 Å². The first-order valence-corrected chi connectivity index (χ1v) is 9.92. The van der Waals surface area contributed by atoms with Crippen LogP contribution in [-0.4, -0.2) is 11.7 Å². The highest BCUT2D eigenvalue weighted by molar-refractivity contribution is 8.00. The van der Waals surface area contributed by atoms with Crippen molar-refractivity contribution in [2.75, 3.05) is 11.1 Å². The zero-order chi connectivity index (χ0) is 18.6. The monoisotopic (exact) mass is 355 g/mol. The lowest BCUT2D eigenvalue weighted by Crippen LogP contribution is -2.16. The number of rotatable bonds is 6. The topological polar surface area (TPSA) is 29.1 Å². The van der Waals surface area contributed by atoms with Crippen LogP contribution in [0.1, 0.15) is 54.0 Å². The second kappa shape index (κ2) is 8.57. The Hall–Kier alpha value is -1.74. The average molecular weight is 356 g/mol. The molecule has 0 spiro atoms. The van der Waals surface area contributed by atoms with Crippen LogP contribution in [0.15, 0.2) is 35.2 Å². The average Bonchev–Trinajstić information content (AvgIpc) is 2.60. The summed E-state index contributed by atoms with van der Waals surface area (Å²) in [5, 5.41) is 3.10. The molecule has 0 bridgehead atoms. The van der Waals surface area contributed by atoms with Crippen molar-refractivity contribution in [2.24, 2.45) is 0 Å². The van der Waals surface area contributed by atoms with E-state index >= 15 is 0 Å². The van der Waals surface area contributed by atoms with Gasteiger partial charge >= 0.3 is 0 Å². The van der Waals surface area contributed by atoms with E-state index in [-0.39, 0.29) is 5.91 Å². The van der Waals surface area contributed by atoms with E-state index in [0.717, 1.165) is 12.1 Å². The predicted molar refractivity (Wildman–Crippen MR) is 110 cm³/mol. The first-order chi connectivity index (χ1) is 11.8. The van der Waals surface area contributed by atoms with Crippen molar-refractivity contribution in [3.05, 3.63) is 58.1 Å². The van der Waals surface area contributed by atoms with Gasteiger partial charge in [-0.1, -0.05) is 38.1 Å². The van der Waals surface area contributed by atoms with E-state index in [1.54, 1.807) is 11.8 Å². The van der Waals surface area contributed by atoms with Gasteiger partial charge in [0.1, 0.15) is 0 Å². The van der Waals surface area contributed by atoms with Gasteiger partial charge in [0.2, 0.25) is 5.91 Å². The van der Waals surface area contributed by atoms with Crippen molar-refractivity contribution in [3.8, 4) is 0 Å². The van der Waals surface area contributed by atoms with E-state index < -0.39 is 0 Å². The van der Waals surface area contributed by atoms with Crippen LogP contribution in [0.4, 0.5) is 5.69 Å². The SMILES string of the molecule is CC[C@@H](C)c1ccccc1NC(=O)CSc1c(C)c(C)cc(C)c1C. The molecule has 0 fully saturated rings. The Morgan fingerprint density at radius 3 is 2.28 bits per heavy atom. The summed E-state index contributed by atoms with van der Waals surface area (Å²) in [5.41, 5.74) is 7.28. The van der Waals surface area contributed by atoms with E-state index in [9.17, 15) is 4.79 Å². The van der Waals surface area contributed by atoms with Crippen molar-refractivity contribution in [3.63, 3.8) is 0 Å². The van der Waals surface area contributed by atoms with Crippen molar-refractivity contribution in [2.45, 2.75) is 58.8 Å². The number of benzene rings is 2. The van der Waals surface area contributed by atoms with E-state index in [2.05, 4.69) is 59.0 Å². The molecule has 0 saturated heterocycles. The van der Waals surface area contributed by atoms with Crippen molar-refractivity contribution < 1.29 is 4.79 Å². The summed E-state index contributed by atoms with van der Waals surface area (Å²) in [7, 11) is 0. The van der Waals surface area contributed by atoms with E-state index in [1.807, 2.05) is 18.2 Å². The van der Waals surface area contributed by atoms with Crippen LogP contribution in [0, 0.1) is 27.7 Å². The van der Waals surface area contributed by atoms with Gasteiger partial charge in [0, 0.05) is 10.6 Å². The molecule has 2 aromatic rings. The Bertz CT molecular complexity index is 741. The molecular weight excluding hydrogens is 326 g/mol. The number of carbonyl (C=O) groups excluding carboxylic acids is 1. The molecule has 0 unspecified atom stereocenters. The maximum absolute atomic E-state index is 12.5. The molecule has 25 heavy (non-hydrogen) atoms. The van der Waals surface area contributed by atoms with Gasteiger partial charge in [-0.3, -0.25) is 4.79 Å². The number of anilines is 1. The van der Waals surface area contributed by atoms with Gasteiger partial charge < -0.3 is 5.32 Å². The molecule has 0 saturated carbocycles. The maximum Gasteiger partial charge on any atom is 0.234 e. The second-order valence-electron chi connectivity index (χ2n) is 6.82. The second-order valence-corrected chi connectivity index (χ2v) is 7.81. The summed E-state index contributed by atoms with van der Waals surface area (Å²) < 4.78 is 0. The molecule has 0 aliphatic carbocycles. The minimum absolute atomic E-state index is 0.0544. The van der Waals surface area contributed by atoms with Crippen LogP contribution in [0.3, 0.4) is 0 Å². The molecule has 1 N–H and O–H groups in total. The largest absolute Gasteiger partial charge is 0.325 e. The quantitative estimate of drug-likeness (QED) is 0.628. The first kappa shape index (κ1) is 19.6. The summed E-state index contributed by atoms with van der Waals surface area (Å²) in [5.74, 6) is 0.922. The summed E-state index contributed by atoms with van der Waals surface area (Å²) >= 11 is 1.64. The Balaban J connectivity index is 2.11. The molecule has 3 heteroatoms. The fourth-order valence-corrected chi connectivity index (χ4v) is 4.08. The molecule has 0 aliphatic heterocycles. The zero-order valence-electron chi connectivity index (χ0n) is 16.2. The van der Waals surface area contributed by atoms with Gasteiger partial charge in [-0.25, -0.2) is 0 Å². The standard InChI is InChI=1S/C22H29NOS/c1-7-14(2)19-10-8-9-11-20(19)23-21(24)13-25-22-17(5)15(3)12-16(4)18(22)6/h8-12,14H,7,13H2,1-6H3,(H,23,24)/t14-/m1/s1. The van der Waals surface area contributed by atoms with Crippen LogP contribution in [0.2, 0.25) is 0 Å². The number of nitrogens with one attached hydrogen (secondary N) is 1. The van der Waals surface area contributed by atoms with Crippen LogP contribution in [0.5, 0.6) is 0 Å². The predicted octanol–water partition coefficient (Wildman–Crippen LogP) is 6.16. The molecule has 1 amide bonds. The highest BCUT2D eigenvalue weighted by Gasteiger charge is 2.14. The number of hydrogen-bond acceptors (Lipinski definition) is 2. The van der Waals surface area contributed by atoms with E-state index in [4.69, 9.17) is 0 Å². The molecular formula is C22H29NOS. The number of thioether (sulfide) groups is 1. The van der Waals surface area contributed by atoms with Gasteiger partial charge in [-0.2, -0.15) is 0 Å². The molecule has 0 aromatic heterocycles. The van der Waals surface area contributed by atoms with Crippen LogP contribution in [0.25, 0.3) is 0 Å². The van der Waals surface area contributed by atoms with Crippen LogP contribution >= 0.6 is 11.8 Å². The lowest BCUT2D eigenvalue weighted by Gasteiger charge is -2.17. The van der Waals surface area contributed by atoms with Crippen molar-refractivity contribution in [1.29, 1.82) is 0 Å². The number of aryl methyl sites for hydroxylation is 2. The van der Waals surface area contributed by atoms with Gasteiger partial charge in [0.25, 0.3) is 0 Å². The minimum atomic E-state index is 0.0544. The van der Waals surface area contributed by atoms with Crippen molar-refractivity contribution in [1.82, 2.24) is 0 Å². The summed E-state index contributed by atoms with van der Waals surface area (Å²) in [4.78, 5) is 13.7. The summed E-state index contributed by atoms with van der Waals surface area (Å²) in [6.45, 7) is 12.9. The van der Waals surface area contributed by atoms with Gasteiger partial charge in [0.05, 0.1) is 5.75 Å². The number of carbonyl (C=O) groups is 1. The molecule has 2 aromatic carbocycles. The summed E-state index contributed by atoms with van der Waals surface area (Å²) in [6, 6.07) is 10.3. The maximum atomic E-state index is 12.5. The molecule has 2 rings (SSSR count). The fourth-order valence-electron chi connectivity index (χ4n) is 2.98. The molecule has 0 heterocycles. The lowest BCUT2D eigenvalue weighted by molar-refractivity contribution is -0.113. The van der Waals surface area contributed by atoms with E-state index in [0.29, 0.717) is 11.7 Å². The summed E-state index contributed by atoms with van der Waals surface area (Å²) in [6.07, 6.45) is 1.06. The highest BCUT2D eigenvalue weighted by atomic mass is 32.2. The lowest BCUT2D eigenvalue weighted by atomic mass is 9.97. The van der Waals surface area contributed by atoms with Crippen LogP contribution < -0.4 is 5.32 Å². The minimum Gasteiger partial charge on any atom is -0.325 e. The molecule has 0 radical (unpaired) electrons. The normalized spacial score (nSPS) is 12.1. The molecule has 0 aliphatic rings. The molecule has 134 valence electrons. The number of hydrogen-bond donors (Lipinski definition) is 1. The van der Waals surface area contributed by atoms with Gasteiger partial charge in [-0.15, -0.1) is 11.8 Å². The van der Waals surface area contributed by atoms with Crippen molar-refractivity contribution >= 4 is 23.4 Å². The third-order valence-corrected chi connectivity index (χ3v) is 6.33. The van der Waals surface area contributed by atoms with Gasteiger partial charge in [-0.05, 0) is 73.9 Å². The number of amides is 1. The third kappa shape index (κ3) is 4.66. The Morgan fingerprint density at radius 1 is 1.08 bits per heavy atom. The highest BCUT2D eigenvalue weighted by Crippen LogP contribution is 2.31. The third-order valence-electron chi connectivity index (χ3n) is 5.02. The first-order valence-electron chi connectivity index (χ1n) is 8.94. The molecule has 2 nitrogen and oxygen atoms in total. The Labute approximate surface area is 156 Å².